The summed E-state index contributed by atoms with van der Waals surface area (Å²) in [6, 6.07) is 0. The molecule has 1 aromatic rings. The second kappa shape index (κ2) is 6.09. The average Bonchev–Trinajstić information content (AvgIpc) is 2.74. The zero-order chi connectivity index (χ0) is 12.1. The summed E-state index contributed by atoms with van der Waals surface area (Å²) in [7, 11) is 0. The standard InChI is InChI=1S/C11H20N4O2/c1-10-12-11(13-17-10)9-15-6-4-14(5-7-15)3-2-8-16/h16H,2-9H2,1H3. The van der Waals surface area contributed by atoms with Crippen molar-refractivity contribution < 1.29 is 9.63 Å². The Morgan fingerprint density at radius 3 is 2.53 bits per heavy atom. The van der Waals surface area contributed by atoms with Crippen molar-refractivity contribution in [3.05, 3.63) is 11.7 Å². The molecule has 0 unspecified atom stereocenters. The van der Waals surface area contributed by atoms with Crippen LogP contribution in [0.3, 0.4) is 0 Å². The van der Waals surface area contributed by atoms with Gasteiger partial charge in [-0.25, -0.2) is 0 Å². The molecule has 1 aliphatic rings. The molecule has 0 saturated carbocycles. The summed E-state index contributed by atoms with van der Waals surface area (Å²) >= 11 is 0. The number of aryl methyl sites for hydroxylation is 1. The van der Waals surface area contributed by atoms with Crippen LogP contribution in [0.2, 0.25) is 0 Å². The molecule has 0 amide bonds. The van der Waals surface area contributed by atoms with Gasteiger partial charge >= 0.3 is 0 Å². The number of hydrogen-bond donors (Lipinski definition) is 1. The fourth-order valence-corrected chi connectivity index (χ4v) is 2.07. The van der Waals surface area contributed by atoms with E-state index in [0.29, 0.717) is 5.89 Å². The summed E-state index contributed by atoms with van der Waals surface area (Å²) in [5, 5.41) is 12.7. The van der Waals surface area contributed by atoms with Gasteiger partial charge < -0.3 is 14.5 Å². The van der Waals surface area contributed by atoms with E-state index in [9.17, 15) is 0 Å². The van der Waals surface area contributed by atoms with Gasteiger partial charge in [-0.2, -0.15) is 4.98 Å². The summed E-state index contributed by atoms with van der Waals surface area (Å²) in [6.45, 7) is 8.01. The highest BCUT2D eigenvalue weighted by Gasteiger charge is 2.17. The lowest BCUT2D eigenvalue weighted by atomic mass is 10.3. The Kier molecular flexibility index (Phi) is 4.47. The Balaban J connectivity index is 1.72. The van der Waals surface area contributed by atoms with E-state index in [1.54, 1.807) is 0 Å². The van der Waals surface area contributed by atoms with Crippen LogP contribution in [0.25, 0.3) is 0 Å². The van der Waals surface area contributed by atoms with E-state index < -0.39 is 0 Å². The molecule has 1 aliphatic heterocycles. The van der Waals surface area contributed by atoms with Gasteiger partial charge in [-0.05, 0) is 6.42 Å². The van der Waals surface area contributed by atoms with Crippen molar-refractivity contribution in [3.63, 3.8) is 0 Å². The zero-order valence-corrected chi connectivity index (χ0v) is 10.3. The molecule has 0 bridgehead atoms. The third-order valence-electron chi connectivity index (χ3n) is 3.03. The second-order valence-corrected chi connectivity index (χ2v) is 4.42. The largest absolute Gasteiger partial charge is 0.396 e. The number of rotatable bonds is 5. The van der Waals surface area contributed by atoms with Crippen molar-refractivity contribution >= 4 is 0 Å². The normalized spacial score (nSPS) is 18.7. The molecular formula is C11H20N4O2. The number of aromatic nitrogens is 2. The van der Waals surface area contributed by atoms with Crippen molar-refractivity contribution in [1.29, 1.82) is 0 Å². The molecule has 0 atom stereocenters. The summed E-state index contributed by atoms with van der Waals surface area (Å²) in [5.74, 6) is 1.40. The van der Waals surface area contributed by atoms with E-state index in [1.165, 1.54) is 0 Å². The Morgan fingerprint density at radius 1 is 1.24 bits per heavy atom. The predicted molar refractivity (Wildman–Crippen MR) is 62.5 cm³/mol. The number of aliphatic hydroxyl groups is 1. The Morgan fingerprint density at radius 2 is 1.94 bits per heavy atom. The van der Waals surface area contributed by atoms with Gasteiger partial charge in [-0.15, -0.1) is 0 Å². The van der Waals surface area contributed by atoms with Crippen LogP contribution in [0.1, 0.15) is 18.1 Å². The van der Waals surface area contributed by atoms with Gasteiger partial charge in [0.05, 0.1) is 6.54 Å². The van der Waals surface area contributed by atoms with Crippen LogP contribution in [0.15, 0.2) is 4.52 Å². The minimum absolute atomic E-state index is 0.280. The number of hydrogen-bond acceptors (Lipinski definition) is 6. The third kappa shape index (κ3) is 3.76. The van der Waals surface area contributed by atoms with Gasteiger partial charge in [-0.1, -0.05) is 5.16 Å². The van der Waals surface area contributed by atoms with Gasteiger partial charge in [0.25, 0.3) is 0 Å². The minimum atomic E-state index is 0.280. The molecule has 1 fully saturated rings. The lowest BCUT2D eigenvalue weighted by Crippen LogP contribution is -2.46. The summed E-state index contributed by atoms with van der Waals surface area (Å²) in [4.78, 5) is 8.92. The van der Waals surface area contributed by atoms with Crippen molar-refractivity contribution in [2.75, 3.05) is 39.3 Å². The number of piperazine rings is 1. The van der Waals surface area contributed by atoms with Gasteiger partial charge in [-0.3, -0.25) is 4.90 Å². The van der Waals surface area contributed by atoms with Gasteiger partial charge in [0.15, 0.2) is 5.82 Å². The van der Waals surface area contributed by atoms with Crippen LogP contribution in [0, 0.1) is 6.92 Å². The first-order valence-electron chi connectivity index (χ1n) is 6.12. The summed E-state index contributed by atoms with van der Waals surface area (Å²) < 4.78 is 4.95. The SMILES string of the molecule is Cc1nc(CN2CCN(CCCO)CC2)no1. The van der Waals surface area contributed by atoms with E-state index in [2.05, 4.69) is 19.9 Å². The van der Waals surface area contributed by atoms with Crippen molar-refractivity contribution in [2.45, 2.75) is 19.9 Å². The van der Waals surface area contributed by atoms with Crippen molar-refractivity contribution in [3.8, 4) is 0 Å². The topological polar surface area (TPSA) is 65.6 Å². The highest BCUT2D eigenvalue weighted by Crippen LogP contribution is 2.06. The fraction of sp³-hybridized carbons (Fsp3) is 0.818. The molecule has 6 heteroatoms. The monoisotopic (exact) mass is 240 g/mol. The molecule has 96 valence electrons. The summed E-state index contributed by atoms with van der Waals surface area (Å²) in [5.41, 5.74) is 0. The van der Waals surface area contributed by atoms with E-state index in [0.717, 1.165) is 51.5 Å². The first kappa shape index (κ1) is 12.5. The highest BCUT2D eigenvalue weighted by molar-refractivity contribution is 4.85. The smallest absolute Gasteiger partial charge is 0.223 e. The van der Waals surface area contributed by atoms with Gasteiger partial charge in [0.1, 0.15) is 0 Å². The maximum absolute atomic E-state index is 8.78. The number of aliphatic hydroxyl groups excluding tert-OH is 1. The van der Waals surface area contributed by atoms with Crippen LogP contribution in [-0.4, -0.2) is 64.4 Å². The average molecular weight is 240 g/mol. The van der Waals surface area contributed by atoms with Gasteiger partial charge in [0, 0.05) is 46.3 Å². The van der Waals surface area contributed by atoms with Crippen LogP contribution in [-0.2, 0) is 6.54 Å². The van der Waals surface area contributed by atoms with Gasteiger partial charge in [0.2, 0.25) is 5.89 Å². The lowest BCUT2D eigenvalue weighted by Gasteiger charge is -2.33. The molecule has 0 aromatic carbocycles. The first-order valence-corrected chi connectivity index (χ1v) is 6.12. The maximum Gasteiger partial charge on any atom is 0.223 e. The lowest BCUT2D eigenvalue weighted by molar-refractivity contribution is 0.117. The van der Waals surface area contributed by atoms with E-state index >= 15 is 0 Å². The quantitative estimate of drug-likeness (QED) is 0.774. The Hall–Kier alpha value is -0.980. The summed E-state index contributed by atoms with van der Waals surface area (Å²) in [6.07, 6.45) is 0.865. The molecule has 0 spiro atoms. The fourth-order valence-electron chi connectivity index (χ4n) is 2.07. The number of nitrogens with zero attached hydrogens (tertiary/aromatic N) is 4. The van der Waals surface area contributed by atoms with E-state index in [4.69, 9.17) is 9.63 Å². The highest BCUT2D eigenvalue weighted by atomic mass is 16.5. The molecular weight excluding hydrogens is 220 g/mol. The van der Waals surface area contributed by atoms with Crippen LogP contribution >= 0.6 is 0 Å². The molecule has 0 radical (unpaired) electrons. The van der Waals surface area contributed by atoms with Crippen LogP contribution in [0.4, 0.5) is 0 Å². The first-order chi connectivity index (χ1) is 8.28. The third-order valence-corrected chi connectivity index (χ3v) is 3.03. The molecule has 1 N–H and O–H groups in total. The Labute approximate surface area is 101 Å². The van der Waals surface area contributed by atoms with E-state index in [-0.39, 0.29) is 6.61 Å². The van der Waals surface area contributed by atoms with Crippen molar-refractivity contribution in [1.82, 2.24) is 19.9 Å². The molecule has 2 rings (SSSR count). The van der Waals surface area contributed by atoms with Crippen LogP contribution in [0.5, 0.6) is 0 Å². The molecule has 0 aliphatic carbocycles. The Bertz CT molecular complexity index is 334. The second-order valence-electron chi connectivity index (χ2n) is 4.42. The predicted octanol–water partition coefficient (Wildman–Crippen LogP) is -0.122. The molecule has 1 saturated heterocycles. The molecule has 1 aromatic heterocycles. The molecule has 17 heavy (non-hydrogen) atoms. The van der Waals surface area contributed by atoms with Crippen molar-refractivity contribution in [2.24, 2.45) is 0 Å². The molecule has 2 heterocycles. The molecule has 6 nitrogen and oxygen atoms in total. The maximum atomic E-state index is 8.78. The zero-order valence-electron chi connectivity index (χ0n) is 10.3. The van der Waals surface area contributed by atoms with Crippen LogP contribution < -0.4 is 0 Å². The minimum Gasteiger partial charge on any atom is -0.396 e. The van der Waals surface area contributed by atoms with E-state index in [1.807, 2.05) is 6.92 Å².